The molecule has 7 heteroatoms. The minimum atomic E-state index is -1.10. The lowest BCUT2D eigenvalue weighted by Crippen LogP contribution is -2.40. The first kappa shape index (κ1) is 15.5. The average Bonchev–Trinajstić information content (AvgIpc) is 2.89. The number of thiophene rings is 1. The number of hydrogen-bond donors (Lipinski definition) is 3. The van der Waals surface area contributed by atoms with Gasteiger partial charge in [0.05, 0.1) is 6.54 Å². The summed E-state index contributed by atoms with van der Waals surface area (Å²) >= 11 is 4.84. The van der Waals surface area contributed by atoms with Gasteiger partial charge in [0.15, 0.2) is 6.04 Å². The second kappa shape index (κ2) is 7.24. The fourth-order valence-corrected chi connectivity index (χ4v) is 3.12. The van der Waals surface area contributed by atoms with Crippen LogP contribution in [0.15, 0.2) is 46.3 Å². The van der Waals surface area contributed by atoms with Gasteiger partial charge >= 0.3 is 12.0 Å². The highest BCUT2D eigenvalue weighted by molar-refractivity contribution is 9.10. The molecule has 0 fully saturated rings. The Bertz CT molecular complexity index is 630. The molecular formula is C14H13BrN2O3S. The van der Waals surface area contributed by atoms with E-state index in [1.807, 2.05) is 11.4 Å². The van der Waals surface area contributed by atoms with Crippen molar-refractivity contribution in [2.75, 3.05) is 0 Å². The second-order valence-corrected chi connectivity index (χ2v) is 6.15. The SMILES string of the molecule is O=C(NCc1cc(Br)cs1)N[C@@H](C(=O)O)c1ccccc1. The smallest absolute Gasteiger partial charge is 0.330 e. The molecule has 5 nitrogen and oxygen atoms in total. The summed E-state index contributed by atoms with van der Waals surface area (Å²) < 4.78 is 0.956. The lowest BCUT2D eigenvalue weighted by atomic mass is 10.1. The van der Waals surface area contributed by atoms with E-state index in [4.69, 9.17) is 0 Å². The summed E-state index contributed by atoms with van der Waals surface area (Å²) in [4.78, 5) is 24.1. The van der Waals surface area contributed by atoms with Crippen LogP contribution < -0.4 is 10.6 Å². The normalized spacial score (nSPS) is 11.7. The molecule has 0 aliphatic rings. The number of benzene rings is 1. The molecule has 2 aromatic rings. The maximum absolute atomic E-state index is 11.8. The van der Waals surface area contributed by atoms with Crippen molar-refractivity contribution >= 4 is 39.3 Å². The predicted octanol–water partition coefficient (Wildman–Crippen LogP) is 3.14. The minimum absolute atomic E-state index is 0.350. The third-order valence-corrected chi connectivity index (χ3v) is 4.40. The van der Waals surface area contributed by atoms with Crippen molar-refractivity contribution < 1.29 is 14.7 Å². The van der Waals surface area contributed by atoms with Gasteiger partial charge in [-0.1, -0.05) is 30.3 Å². The van der Waals surface area contributed by atoms with E-state index >= 15 is 0 Å². The summed E-state index contributed by atoms with van der Waals surface area (Å²) in [5, 5.41) is 16.2. The number of urea groups is 1. The maximum atomic E-state index is 11.8. The maximum Gasteiger partial charge on any atom is 0.330 e. The van der Waals surface area contributed by atoms with Gasteiger partial charge in [0.1, 0.15) is 0 Å². The van der Waals surface area contributed by atoms with Crippen molar-refractivity contribution in [2.24, 2.45) is 0 Å². The number of rotatable bonds is 5. The van der Waals surface area contributed by atoms with Gasteiger partial charge in [-0.2, -0.15) is 0 Å². The second-order valence-electron chi connectivity index (χ2n) is 4.24. The number of halogens is 1. The van der Waals surface area contributed by atoms with Crippen molar-refractivity contribution in [2.45, 2.75) is 12.6 Å². The largest absolute Gasteiger partial charge is 0.479 e. The van der Waals surface area contributed by atoms with Crippen LogP contribution in [0.1, 0.15) is 16.5 Å². The Kier molecular flexibility index (Phi) is 5.35. The van der Waals surface area contributed by atoms with E-state index in [9.17, 15) is 14.7 Å². The molecular weight excluding hydrogens is 356 g/mol. The molecule has 0 aliphatic heterocycles. The first-order chi connectivity index (χ1) is 10.1. The van der Waals surface area contributed by atoms with Crippen LogP contribution in [0.3, 0.4) is 0 Å². The van der Waals surface area contributed by atoms with Gasteiger partial charge in [-0.05, 0) is 27.6 Å². The van der Waals surface area contributed by atoms with Gasteiger partial charge in [0.25, 0.3) is 0 Å². The van der Waals surface area contributed by atoms with Crippen molar-refractivity contribution in [3.8, 4) is 0 Å². The van der Waals surface area contributed by atoms with Crippen LogP contribution in [0, 0.1) is 0 Å². The summed E-state index contributed by atoms with van der Waals surface area (Å²) in [5.74, 6) is -1.10. The Balaban J connectivity index is 1.94. The molecule has 0 radical (unpaired) electrons. The zero-order valence-corrected chi connectivity index (χ0v) is 13.3. The molecule has 0 unspecified atom stereocenters. The topological polar surface area (TPSA) is 78.4 Å². The molecule has 0 spiro atoms. The number of carboxylic acid groups (broad SMARTS) is 1. The van der Waals surface area contributed by atoms with Crippen molar-refractivity contribution in [1.29, 1.82) is 0 Å². The molecule has 21 heavy (non-hydrogen) atoms. The molecule has 1 aromatic heterocycles. The Morgan fingerprint density at radius 1 is 1.29 bits per heavy atom. The van der Waals surface area contributed by atoms with Crippen LogP contribution in [0.4, 0.5) is 4.79 Å². The average molecular weight is 369 g/mol. The van der Waals surface area contributed by atoms with Crippen LogP contribution in [-0.2, 0) is 11.3 Å². The summed E-state index contributed by atoms with van der Waals surface area (Å²) in [6.45, 7) is 0.350. The van der Waals surface area contributed by atoms with Gasteiger partial charge in [0.2, 0.25) is 0 Å². The van der Waals surface area contributed by atoms with E-state index in [1.165, 1.54) is 11.3 Å². The van der Waals surface area contributed by atoms with Gasteiger partial charge in [-0.25, -0.2) is 9.59 Å². The monoisotopic (exact) mass is 368 g/mol. The van der Waals surface area contributed by atoms with E-state index in [0.717, 1.165) is 9.35 Å². The molecule has 2 amide bonds. The summed E-state index contributed by atoms with van der Waals surface area (Å²) in [5.41, 5.74) is 0.527. The van der Waals surface area contributed by atoms with Gasteiger partial charge in [-0.3, -0.25) is 0 Å². The standard InChI is InChI=1S/C14H13BrN2O3S/c15-10-6-11(21-8-10)7-16-14(20)17-12(13(18)19)9-4-2-1-3-5-9/h1-6,8,12H,7H2,(H,18,19)(H2,16,17,20)/t12-/m1/s1. The van der Waals surface area contributed by atoms with Gasteiger partial charge in [0, 0.05) is 14.7 Å². The van der Waals surface area contributed by atoms with Crippen molar-refractivity contribution in [3.05, 3.63) is 56.7 Å². The number of amides is 2. The number of hydrogen-bond acceptors (Lipinski definition) is 3. The molecule has 0 saturated heterocycles. The first-order valence-electron chi connectivity index (χ1n) is 6.11. The molecule has 3 N–H and O–H groups in total. The van der Waals surface area contributed by atoms with Crippen LogP contribution in [0.2, 0.25) is 0 Å². The zero-order chi connectivity index (χ0) is 15.2. The Morgan fingerprint density at radius 3 is 2.57 bits per heavy atom. The van der Waals surface area contributed by atoms with Crippen LogP contribution in [0.25, 0.3) is 0 Å². The molecule has 1 heterocycles. The lowest BCUT2D eigenvalue weighted by molar-refractivity contribution is -0.139. The number of nitrogens with one attached hydrogen (secondary N) is 2. The molecule has 2 rings (SSSR count). The summed E-state index contributed by atoms with van der Waals surface area (Å²) in [7, 11) is 0. The van der Waals surface area contributed by atoms with E-state index in [0.29, 0.717) is 12.1 Å². The third-order valence-electron chi connectivity index (χ3n) is 2.70. The minimum Gasteiger partial charge on any atom is -0.479 e. The number of carbonyl (C=O) groups is 2. The van der Waals surface area contributed by atoms with E-state index in [1.54, 1.807) is 30.3 Å². The lowest BCUT2D eigenvalue weighted by Gasteiger charge is -2.15. The molecule has 0 bridgehead atoms. The van der Waals surface area contributed by atoms with E-state index in [-0.39, 0.29) is 0 Å². The Morgan fingerprint density at radius 2 is 2.00 bits per heavy atom. The Labute approximate surface area is 134 Å². The summed E-state index contributed by atoms with van der Waals surface area (Å²) in [6, 6.07) is 8.89. The molecule has 1 aromatic carbocycles. The first-order valence-corrected chi connectivity index (χ1v) is 7.78. The zero-order valence-electron chi connectivity index (χ0n) is 10.9. The fraction of sp³-hybridized carbons (Fsp3) is 0.143. The van der Waals surface area contributed by atoms with Crippen molar-refractivity contribution in [3.63, 3.8) is 0 Å². The highest BCUT2D eigenvalue weighted by Crippen LogP contribution is 2.19. The van der Waals surface area contributed by atoms with E-state index in [2.05, 4.69) is 26.6 Å². The van der Waals surface area contributed by atoms with E-state index < -0.39 is 18.0 Å². The molecule has 0 saturated carbocycles. The molecule has 1 atom stereocenters. The van der Waals surface area contributed by atoms with Gasteiger partial charge in [-0.15, -0.1) is 11.3 Å². The predicted molar refractivity (Wildman–Crippen MR) is 84.2 cm³/mol. The highest BCUT2D eigenvalue weighted by Gasteiger charge is 2.21. The molecule has 110 valence electrons. The number of carboxylic acids is 1. The molecule has 0 aliphatic carbocycles. The Hall–Kier alpha value is -1.86. The number of carbonyl (C=O) groups excluding carboxylic acids is 1. The van der Waals surface area contributed by atoms with Crippen LogP contribution >= 0.6 is 27.3 Å². The highest BCUT2D eigenvalue weighted by atomic mass is 79.9. The van der Waals surface area contributed by atoms with Crippen molar-refractivity contribution in [1.82, 2.24) is 10.6 Å². The van der Waals surface area contributed by atoms with Crippen LogP contribution in [0.5, 0.6) is 0 Å². The van der Waals surface area contributed by atoms with Gasteiger partial charge < -0.3 is 15.7 Å². The fourth-order valence-electron chi connectivity index (χ4n) is 1.73. The number of aliphatic carboxylic acids is 1. The summed E-state index contributed by atoms with van der Waals surface area (Å²) in [6.07, 6.45) is 0. The van der Waals surface area contributed by atoms with Crippen LogP contribution in [-0.4, -0.2) is 17.1 Å². The third kappa shape index (κ3) is 4.57. The quantitative estimate of drug-likeness (QED) is 0.758.